The first-order chi connectivity index (χ1) is 13.9. The standard InChI is InChI=1S/C20H16Cl2N4O3/c1-2-20(12-7-9-13(21)10-8-12)18(27)26(19(28)24-20)11-16-23-17(29-25-16)14-5-3-4-6-15(14)22/h3-10H,2,11H2,1H3,(H,24,28). The zero-order chi connectivity index (χ0) is 20.6. The predicted molar refractivity (Wildman–Crippen MR) is 107 cm³/mol. The molecular formula is C20H16Cl2N4O3. The van der Waals surface area contributed by atoms with E-state index in [-0.39, 0.29) is 24.2 Å². The third kappa shape index (κ3) is 3.36. The van der Waals surface area contributed by atoms with E-state index in [4.69, 9.17) is 27.7 Å². The Morgan fingerprint density at radius 1 is 1.10 bits per heavy atom. The van der Waals surface area contributed by atoms with E-state index in [1.807, 2.05) is 6.92 Å². The normalized spacial score (nSPS) is 18.9. The second-order valence-corrected chi connectivity index (χ2v) is 7.43. The van der Waals surface area contributed by atoms with E-state index in [0.29, 0.717) is 27.6 Å². The molecule has 2 aromatic carbocycles. The number of carbonyl (C=O) groups excluding carboxylic acids is 2. The minimum Gasteiger partial charge on any atom is -0.334 e. The molecule has 1 unspecified atom stereocenters. The van der Waals surface area contributed by atoms with Gasteiger partial charge in [-0.3, -0.25) is 9.69 Å². The number of urea groups is 1. The van der Waals surface area contributed by atoms with Crippen LogP contribution in [0.3, 0.4) is 0 Å². The summed E-state index contributed by atoms with van der Waals surface area (Å²) in [6.07, 6.45) is 0.382. The zero-order valence-corrected chi connectivity index (χ0v) is 16.9. The lowest BCUT2D eigenvalue weighted by Gasteiger charge is -2.25. The molecule has 4 rings (SSSR count). The molecule has 1 N–H and O–H groups in total. The maximum Gasteiger partial charge on any atom is 0.325 e. The van der Waals surface area contributed by atoms with Crippen molar-refractivity contribution in [2.45, 2.75) is 25.4 Å². The first-order valence-electron chi connectivity index (χ1n) is 8.92. The number of carbonyl (C=O) groups is 2. The molecule has 1 aromatic heterocycles. The van der Waals surface area contributed by atoms with E-state index in [0.717, 1.165) is 4.90 Å². The van der Waals surface area contributed by atoms with Crippen LogP contribution in [-0.4, -0.2) is 27.0 Å². The van der Waals surface area contributed by atoms with Crippen LogP contribution in [0.2, 0.25) is 10.0 Å². The average molecular weight is 431 g/mol. The van der Waals surface area contributed by atoms with Gasteiger partial charge < -0.3 is 9.84 Å². The second kappa shape index (κ2) is 7.50. The van der Waals surface area contributed by atoms with Crippen LogP contribution in [0.25, 0.3) is 11.5 Å². The van der Waals surface area contributed by atoms with Crippen molar-refractivity contribution in [2.24, 2.45) is 0 Å². The summed E-state index contributed by atoms with van der Waals surface area (Å²) in [4.78, 5) is 31.1. The van der Waals surface area contributed by atoms with Crippen molar-refractivity contribution in [2.75, 3.05) is 0 Å². The minimum atomic E-state index is -1.16. The van der Waals surface area contributed by atoms with Crippen LogP contribution in [0, 0.1) is 0 Å². The number of nitrogens with one attached hydrogen (secondary N) is 1. The van der Waals surface area contributed by atoms with Crippen molar-refractivity contribution in [1.29, 1.82) is 0 Å². The monoisotopic (exact) mass is 430 g/mol. The van der Waals surface area contributed by atoms with Crippen LogP contribution in [0.5, 0.6) is 0 Å². The molecule has 1 aliphatic heterocycles. The van der Waals surface area contributed by atoms with Crippen molar-refractivity contribution in [1.82, 2.24) is 20.4 Å². The molecule has 0 radical (unpaired) electrons. The molecule has 7 nitrogen and oxygen atoms in total. The van der Waals surface area contributed by atoms with Crippen LogP contribution in [0.15, 0.2) is 53.1 Å². The summed E-state index contributed by atoms with van der Waals surface area (Å²) in [6, 6.07) is 13.4. The molecule has 1 aliphatic rings. The first-order valence-corrected chi connectivity index (χ1v) is 9.68. The highest BCUT2D eigenvalue weighted by Crippen LogP contribution is 2.34. The number of imide groups is 1. The zero-order valence-electron chi connectivity index (χ0n) is 15.4. The predicted octanol–water partition coefficient (Wildman–Crippen LogP) is 4.40. The molecule has 0 spiro atoms. The van der Waals surface area contributed by atoms with Gasteiger partial charge in [0.25, 0.3) is 11.8 Å². The quantitative estimate of drug-likeness (QED) is 0.605. The number of amides is 3. The molecule has 1 fully saturated rings. The highest BCUT2D eigenvalue weighted by Gasteiger charge is 2.51. The smallest absolute Gasteiger partial charge is 0.325 e. The van der Waals surface area contributed by atoms with Gasteiger partial charge in [0.1, 0.15) is 5.54 Å². The lowest BCUT2D eigenvalue weighted by atomic mass is 9.87. The molecule has 0 bridgehead atoms. The molecule has 148 valence electrons. The fraction of sp³-hybridized carbons (Fsp3) is 0.200. The number of hydrogen-bond acceptors (Lipinski definition) is 5. The van der Waals surface area contributed by atoms with Gasteiger partial charge in [-0.25, -0.2) is 4.79 Å². The fourth-order valence-electron chi connectivity index (χ4n) is 3.35. The van der Waals surface area contributed by atoms with Gasteiger partial charge in [0.15, 0.2) is 5.82 Å². The summed E-state index contributed by atoms with van der Waals surface area (Å²) < 4.78 is 5.26. The number of benzene rings is 2. The Labute approximate surface area is 176 Å². The van der Waals surface area contributed by atoms with Crippen molar-refractivity contribution < 1.29 is 14.1 Å². The second-order valence-electron chi connectivity index (χ2n) is 6.58. The molecular weight excluding hydrogens is 415 g/mol. The van der Waals surface area contributed by atoms with Crippen molar-refractivity contribution >= 4 is 35.1 Å². The van der Waals surface area contributed by atoms with Gasteiger partial charge in [-0.15, -0.1) is 0 Å². The van der Waals surface area contributed by atoms with Gasteiger partial charge in [-0.05, 0) is 36.2 Å². The summed E-state index contributed by atoms with van der Waals surface area (Å²) in [5.74, 6) is 0.0416. The summed E-state index contributed by atoms with van der Waals surface area (Å²) in [7, 11) is 0. The minimum absolute atomic E-state index is 0.117. The Morgan fingerprint density at radius 2 is 1.83 bits per heavy atom. The SMILES string of the molecule is CCC1(c2ccc(Cl)cc2)NC(=O)N(Cc2noc(-c3ccccc3Cl)n2)C1=O. The van der Waals surface area contributed by atoms with Gasteiger partial charge in [0.05, 0.1) is 17.1 Å². The van der Waals surface area contributed by atoms with Crippen LogP contribution >= 0.6 is 23.2 Å². The summed E-state index contributed by atoms with van der Waals surface area (Å²) >= 11 is 12.1. The molecule has 0 saturated carbocycles. The average Bonchev–Trinajstić information content (AvgIpc) is 3.28. The van der Waals surface area contributed by atoms with E-state index in [1.165, 1.54) is 0 Å². The fourth-order valence-corrected chi connectivity index (χ4v) is 3.69. The van der Waals surface area contributed by atoms with Crippen LogP contribution in [0.1, 0.15) is 24.7 Å². The van der Waals surface area contributed by atoms with Gasteiger partial charge in [0.2, 0.25) is 0 Å². The number of nitrogens with zero attached hydrogens (tertiary/aromatic N) is 3. The van der Waals surface area contributed by atoms with E-state index in [2.05, 4.69) is 15.5 Å². The van der Waals surface area contributed by atoms with Gasteiger partial charge in [-0.2, -0.15) is 4.98 Å². The number of aromatic nitrogens is 2. The summed E-state index contributed by atoms with van der Waals surface area (Å²) in [5.41, 5.74) is 0.0843. The maximum absolute atomic E-state index is 13.2. The highest BCUT2D eigenvalue weighted by atomic mass is 35.5. The Morgan fingerprint density at radius 3 is 2.52 bits per heavy atom. The van der Waals surface area contributed by atoms with Crippen molar-refractivity contribution in [3.8, 4) is 11.5 Å². The first kappa shape index (κ1) is 19.4. The molecule has 29 heavy (non-hydrogen) atoms. The molecule has 9 heteroatoms. The summed E-state index contributed by atoms with van der Waals surface area (Å²) in [6.45, 7) is 1.72. The Balaban J connectivity index is 1.60. The third-order valence-corrected chi connectivity index (χ3v) is 5.50. The molecule has 2 heterocycles. The Hall–Kier alpha value is -2.90. The molecule has 0 aliphatic carbocycles. The van der Waals surface area contributed by atoms with E-state index < -0.39 is 11.6 Å². The number of halogens is 2. The van der Waals surface area contributed by atoms with Gasteiger partial charge >= 0.3 is 6.03 Å². The highest BCUT2D eigenvalue weighted by molar-refractivity contribution is 6.33. The summed E-state index contributed by atoms with van der Waals surface area (Å²) in [5, 5.41) is 7.71. The third-order valence-electron chi connectivity index (χ3n) is 4.91. The van der Waals surface area contributed by atoms with Gasteiger partial charge in [0, 0.05) is 5.02 Å². The number of hydrogen-bond donors (Lipinski definition) is 1. The Bertz CT molecular complexity index is 1080. The lowest BCUT2D eigenvalue weighted by Crippen LogP contribution is -2.43. The Kier molecular flexibility index (Phi) is 5.02. The van der Waals surface area contributed by atoms with E-state index in [9.17, 15) is 9.59 Å². The van der Waals surface area contributed by atoms with E-state index >= 15 is 0 Å². The topological polar surface area (TPSA) is 88.3 Å². The van der Waals surface area contributed by atoms with Crippen LogP contribution < -0.4 is 5.32 Å². The molecule has 1 atom stereocenters. The van der Waals surface area contributed by atoms with Crippen molar-refractivity contribution in [3.05, 3.63) is 70.0 Å². The lowest BCUT2D eigenvalue weighted by molar-refractivity contribution is -0.132. The van der Waals surface area contributed by atoms with Crippen LogP contribution in [0.4, 0.5) is 4.79 Å². The molecule has 3 amide bonds. The van der Waals surface area contributed by atoms with E-state index in [1.54, 1.807) is 48.5 Å². The molecule has 1 saturated heterocycles. The molecule has 3 aromatic rings. The van der Waals surface area contributed by atoms with Crippen molar-refractivity contribution in [3.63, 3.8) is 0 Å². The van der Waals surface area contributed by atoms with Gasteiger partial charge in [-0.1, -0.05) is 59.5 Å². The number of rotatable bonds is 5. The maximum atomic E-state index is 13.2. The van der Waals surface area contributed by atoms with Crippen LogP contribution in [-0.2, 0) is 16.9 Å². The largest absolute Gasteiger partial charge is 0.334 e.